The summed E-state index contributed by atoms with van der Waals surface area (Å²) in [6.45, 7) is 1.75. The molecule has 17 heavy (non-hydrogen) atoms. The molecule has 1 aromatic carbocycles. The van der Waals surface area contributed by atoms with Gasteiger partial charge in [-0.2, -0.15) is 5.10 Å². The summed E-state index contributed by atoms with van der Waals surface area (Å²) in [5.74, 6) is -1.69. The maximum atomic E-state index is 13.3. The number of aromatic amines is 1. The largest absolute Gasteiger partial charge is 0.477 e. The molecular formula is C11H8ClFN2O2. The summed E-state index contributed by atoms with van der Waals surface area (Å²) < 4.78 is 13.3. The Morgan fingerprint density at radius 2 is 2.24 bits per heavy atom. The molecule has 0 unspecified atom stereocenters. The first-order valence-electron chi connectivity index (χ1n) is 4.74. The lowest BCUT2D eigenvalue weighted by molar-refractivity contribution is 0.0690. The number of hydrogen-bond acceptors (Lipinski definition) is 2. The van der Waals surface area contributed by atoms with Crippen LogP contribution >= 0.6 is 11.6 Å². The smallest absolute Gasteiger partial charge is 0.353 e. The van der Waals surface area contributed by atoms with E-state index in [0.29, 0.717) is 11.3 Å². The van der Waals surface area contributed by atoms with E-state index in [2.05, 4.69) is 10.2 Å². The zero-order valence-corrected chi connectivity index (χ0v) is 9.55. The van der Waals surface area contributed by atoms with E-state index in [1.54, 1.807) is 13.0 Å². The van der Waals surface area contributed by atoms with Crippen LogP contribution in [0.25, 0.3) is 11.3 Å². The average Bonchev–Trinajstić information content (AvgIpc) is 2.73. The van der Waals surface area contributed by atoms with Crippen molar-refractivity contribution >= 4 is 17.6 Å². The van der Waals surface area contributed by atoms with Crippen molar-refractivity contribution in [2.24, 2.45) is 0 Å². The Balaban J connectivity index is 2.60. The number of rotatable bonds is 2. The normalized spacial score (nSPS) is 10.5. The summed E-state index contributed by atoms with van der Waals surface area (Å²) in [6.07, 6.45) is 0. The molecule has 2 aromatic rings. The first kappa shape index (κ1) is 11.6. The van der Waals surface area contributed by atoms with Gasteiger partial charge in [-0.3, -0.25) is 5.10 Å². The van der Waals surface area contributed by atoms with Crippen molar-refractivity contribution in [3.05, 3.63) is 40.3 Å². The molecule has 0 fully saturated rings. The van der Waals surface area contributed by atoms with E-state index in [1.807, 2.05) is 0 Å². The first-order valence-corrected chi connectivity index (χ1v) is 5.12. The SMILES string of the molecule is Cc1ccc(F)c(Cl)c1-c1cc(C(=O)O)[nH]n1. The number of carboxylic acid groups (broad SMARTS) is 1. The number of H-pyrrole nitrogens is 1. The van der Waals surface area contributed by atoms with E-state index >= 15 is 0 Å². The minimum absolute atomic E-state index is 0.0616. The number of hydrogen-bond donors (Lipinski definition) is 2. The van der Waals surface area contributed by atoms with Gasteiger partial charge in [0.25, 0.3) is 0 Å². The molecule has 6 heteroatoms. The zero-order valence-electron chi connectivity index (χ0n) is 8.79. The topological polar surface area (TPSA) is 66.0 Å². The number of aryl methyl sites for hydroxylation is 1. The Bertz CT molecular complexity index is 595. The molecule has 1 aromatic heterocycles. The summed E-state index contributed by atoms with van der Waals surface area (Å²) in [5.41, 5.74) is 1.36. The number of benzene rings is 1. The Hall–Kier alpha value is -1.88. The fourth-order valence-corrected chi connectivity index (χ4v) is 1.83. The van der Waals surface area contributed by atoms with Gasteiger partial charge < -0.3 is 5.11 Å². The molecule has 0 saturated heterocycles. The number of halogens is 2. The van der Waals surface area contributed by atoms with Crippen molar-refractivity contribution in [2.45, 2.75) is 6.92 Å². The molecule has 88 valence electrons. The van der Waals surface area contributed by atoms with Gasteiger partial charge in [-0.05, 0) is 24.6 Å². The van der Waals surface area contributed by atoms with Crippen LogP contribution in [-0.4, -0.2) is 21.3 Å². The van der Waals surface area contributed by atoms with Crippen LogP contribution in [0.15, 0.2) is 18.2 Å². The molecule has 0 bridgehead atoms. The van der Waals surface area contributed by atoms with E-state index in [9.17, 15) is 9.18 Å². The monoisotopic (exact) mass is 254 g/mol. The highest BCUT2D eigenvalue weighted by molar-refractivity contribution is 6.33. The molecule has 0 aliphatic rings. The van der Waals surface area contributed by atoms with Gasteiger partial charge >= 0.3 is 5.97 Å². The van der Waals surface area contributed by atoms with Crippen molar-refractivity contribution < 1.29 is 14.3 Å². The third-order valence-electron chi connectivity index (χ3n) is 2.37. The third kappa shape index (κ3) is 2.01. The van der Waals surface area contributed by atoms with E-state index in [1.165, 1.54) is 12.1 Å². The molecule has 0 radical (unpaired) electrons. The summed E-state index contributed by atoms with van der Waals surface area (Å²) in [6, 6.07) is 4.13. The van der Waals surface area contributed by atoms with E-state index in [0.717, 1.165) is 5.56 Å². The molecule has 0 amide bonds. The van der Waals surface area contributed by atoms with Gasteiger partial charge in [0.2, 0.25) is 0 Å². The molecule has 0 spiro atoms. The van der Waals surface area contributed by atoms with Crippen LogP contribution in [0.3, 0.4) is 0 Å². The standard InChI is InChI=1S/C11H8ClFN2O2/c1-5-2-3-6(13)10(12)9(5)7-4-8(11(16)17)15-14-7/h2-4H,1H3,(H,14,15)(H,16,17). The minimum atomic E-state index is -1.13. The molecule has 1 heterocycles. The van der Waals surface area contributed by atoms with Gasteiger partial charge in [-0.25, -0.2) is 9.18 Å². The van der Waals surface area contributed by atoms with Crippen LogP contribution < -0.4 is 0 Å². The lowest BCUT2D eigenvalue weighted by Gasteiger charge is -2.05. The molecule has 0 saturated carbocycles. The van der Waals surface area contributed by atoms with Crippen molar-refractivity contribution in [3.63, 3.8) is 0 Å². The van der Waals surface area contributed by atoms with Crippen molar-refractivity contribution in [2.75, 3.05) is 0 Å². The lowest BCUT2D eigenvalue weighted by Crippen LogP contribution is -1.95. The number of nitrogens with one attached hydrogen (secondary N) is 1. The predicted molar refractivity (Wildman–Crippen MR) is 60.7 cm³/mol. The highest BCUT2D eigenvalue weighted by Gasteiger charge is 2.16. The van der Waals surface area contributed by atoms with Gasteiger partial charge in [-0.1, -0.05) is 17.7 Å². The lowest BCUT2D eigenvalue weighted by atomic mass is 10.1. The van der Waals surface area contributed by atoms with Crippen LogP contribution in [0.4, 0.5) is 4.39 Å². The predicted octanol–water partition coefficient (Wildman–Crippen LogP) is 2.88. The second-order valence-corrected chi connectivity index (χ2v) is 3.90. The van der Waals surface area contributed by atoms with Gasteiger partial charge in [0.15, 0.2) is 0 Å². The van der Waals surface area contributed by atoms with Gasteiger partial charge in [0.1, 0.15) is 11.5 Å². The zero-order chi connectivity index (χ0) is 12.6. The minimum Gasteiger partial charge on any atom is -0.477 e. The van der Waals surface area contributed by atoms with Crippen molar-refractivity contribution in [3.8, 4) is 11.3 Å². The number of nitrogens with zero attached hydrogens (tertiary/aromatic N) is 1. The fraction of sp³-hybridized carbons (Fsp3) is 0.0909. The van der Waals surface area contributed by atoms with Crippen molar-refractivity contribution in [1.29, 1.82) is 0 Å². The fourth-order valence-electron chi connectivity index (χ4n) is 1.52. The quantitative estimate of drug-likeness (QED) is 0.866. The Morgan fingerprint density at radius 1 is 1.53 bits per heavy atom. The first-order chi connectivity index (χ1) is 8.00. The van der Waals surface area contributed by atoms with Gasteiger partial charge in [0, 0.05) is 5.56 Å². The maximum Gasteiger partial charge on any atom is 0.353 e. The second kappa shape index (κ2) is 4.18. The average molecular weight is 255 g/mol. The summed E-state index contributed by atoms with van der Waals surface area (Å²) in [7, 11) is 0. The number of aromatic nitrogens is 2. The van der Waals surface area contributed by atoms with Crippen LogP contribution in [-0.2, 0) is 0 Å². The number of carbonyl (C=O) groups is 1. The van der Waals surface area contributed by atoms with Crippen LogP contribution in [0, 0.1) is 12.7 Å². The highest BCUT2D eigenvalue weighted by Crippen LogP contribution is 2.32. The van der Waals surface area contributed by atoms with Crippen LogP contribution in [0.2, 0.25) is 5.02 Å². The summed E-state index contributed by atoms with van der Waals surface area (Å²) >= 11 is 5.85. The van der Waals surface area contributed by atoms with E-state index < -0.39 is 11.8 Å². The summed E-state index contributed by atoms with van der Waals surface area (Å²) in [5, 5.41) is 14.9. The van der Waals surface area contributed by atoms with Gasteiger partial charge in [0.05, 0.1) is 10.7 Å². The Kier molecular flexibility index (Phi) is 2.85. The molecule has 0 atom stereocenters. The van der Waals surface area contributed by atoms with Gasteiger partial charge in [-0.15, -0.1) is 0 Å². The number of aromatic carboxylic acids is 1. The molecule has 0 aliphatic heterocycles. The van der Waals surface area contributed by atoms with E-state index in [-0.39, 0.29) is 10.7 Å². The molecular weight excluding hydrogens is 247 g/mol. The van der Waals surface area contributed by atoms with Crippen molar-refractivity contribution in [1.82, 2.24) is 10.2 Å². The third-order valence-corrected chi connectivity index (χ3v) is 2.74. The van der Waals surface area contributed by atoms with Crippen LogP contribution in [0.1, 0.15) is 16.1 Å². The van der Waals surface area contributed by atoms with Crippen LogP contribution in [0.5, 0.6) is 0 Å². The molecule has 0 aliphatic carbocycles. The highest BCUT2D eigenvalue weighted by atomic mass is 35.5. The summed E-state index contributed by atoms with van der Waals surface area (Å²) in [4.78, 5) is 10.7. The maximum absolute atomic E-state index is 13.3. The second-order valence-electron chi connectivity index (χ2n) is 3.53. The Labute approximate surface area is 101 Å². The molecule has 2 rings (SSSR count). The molecule has 4 nitrogen and oxygen atoms in total. The number of carboxylic acids is 1. The van der Waals surface area contributed by atoms with E-state index in [4.69, 9.17) is 16.7 Å². The molecule has 2 N–H and O–H groups in total. The Morgan fingerprint density at radius 3 is 2.82 bits per heavy atom.